The van der Waals surface area contributed by atoms with Gasteiger partial charge in [-0.3, -0.25) is 14.3 Å². The van der Waals surface area contributed by atoms with E-state index in [1.54, 1.807) is 0 Å². The van der Waals surface area contributed by atoms with Crippen LogP contribution in [0, 0.1) is 0 Å². The second-order valence-corrected chi connectivity index (χ2v) is 5.99. The maximum absolute atomic E-state index is 13.0. The van der Waals surface area contributed by atoms with Gasteiger partial charge < -0.3 is 0 Å². The fourth-order valence-electron chi connectivity index (χ4n) is 1.04. The highest BCUT2D eigenvalue weighted by Gasteiger charge is 2.81. The molecule has 0 aliphatic carbocycles. The van der Waals surface area contributed by atoms with Crippen molar-refractivity contribution in [1.29, 1.82) is 0 Å². The fraction of sp³-hybridized carbons (Fsp3) is 0.875. The molecule has 29 heavy (non-hydrogen) atoms. The zero-order chi connectivity index (χ0) is 24.1. The van der Waals surface area contributed by atoms with Crippen LogP contribution in [-0.4, -0.2) is 56.2 Å². The van der Waals surface area contributed by atoms with E-state index in [-0.39, 0.29) is 0 Å². The highest BCUT2D eigenvalue weighted by molar-refractivity contribution is 7.88. The molecule has 0 aromatic heterocycles. The topological polar surface area (TPSA) is 69.7 Å². The molecule has 0 rings (SSSR count). The molecular weight excluding hydrogens is 493 g/mol. The molecule has 0 heterocycles. The Morgan fingerprint density at radius 3 is 0.966 bits per heavy atom. The lowest BCUT2D eigenvalue weighted by Crippen LogP contribution is -2.63. The molecule has 0 N–H and O–H groups in total. The summed E-state index contributed by atoms with van der Waals surface area (Å²) in [6, 6.07) is 0. The lowest BCUT2D eigenvalue weighted by atomic mass is 10.3. The molecule has 21 heteroatoms. The number of carbonyl (C=O) groups excluding carboxylic acids is 1. The number of halogens is 15. The van der Waals surface area contributed by atoms with E-state index in [1.165, 1.54) is 0 Å². The van der Waals surface area contributed by atoms with Crippen LogP contribution < -0.4 is 0 Å². The number of alkyl halides is 14. The molecule has 5 nitrogen and oxygen atoms in total. The first kappa shape index (κ1) is 27.5. The molecule has 0 fully saturated rings. The van der Waals surface area contributed by atoms with Crippen molar-refractivity contribution in [2.24, 2.45) is 0 Å². The number of aldehydes is 1. The van der Waals surface area contributed by atoms with Crippen LogP contribution in [0.1, 0.15) is 0 Å². The summed E-state index contributed by atoms with van der Waals surface area (Å²) in [6.07, 6.45) is -32.4. The highest BCUT2D eigenvalue weighted by atomic mass is 32.3. The Kier molecular flexibility index (Phi) is 6.66. The maximum atomic E-state index is 13.0. The van der Waals surface area contributed by atoms with Gasteiger partial charge in [-0.2, -0.15) is 69.9 Å². The third-order valence-electron chi connectivity index (χ3n) is 2.47. The Hall–Kier alpha value is -1.51. The molecule has 0 radical (unpaired) electrons. The standard InChI is InChI=1S/C8HF15O5S/c9-3(10,5(13,14)15)7(19,20)27-2(1-24,29(23,25)26)28-8(21,22)4(11,12)6(16,17)18/h1H. The van der Waals surface area contributed by atoms with Crippen molar-refractivity contribution >= 4 is 16.5 Å². The van der Waals surface area contributed by atoms with Gasteiger partial charge in [0.2, 0.25) is 0 Å². The van der Waals surface area contributed by atoms with Crippen molar-refractivity contribution in [3.63, 3.8) is 0 Å². The second-order valence-electron chi connectivity index (χ2n) is 4.54. The summed E-state index contributed by atoms with van der Waals surface area (Å²) < 4.78 is 211. The van der Waals surface area contributed by atoms with Gasteiger partial charge in [-0.05, 0) is 0 Å². The Bertz CT molecular complexity index is 680. The Morgan fingerprint density at radius 2 is 0.828 bits per heavy atom. The van der Waals surface area contributed by atoms with Gasteiger partial charge in [-0.25, -0.2) is 0 Å². The minimum absolute atomic E-state index is 1.84. The van der Waals surface area contributed by atoms with Gasteiger partial charge in [-0.1, -0.05) is 3.89 Å². The summed E-state index contributed by atoms with van der Waals surface area (Å²) >= 11 is 0. The lowest BCUT2D eigenvalue weighted by Gasteiger charge is -2.36. The third kappa shape index (κ3) is 4.64. The summed E-state index contributed by atoms with van der Waals surface area (Å²) in [5.74, 6) is -15.3. The number of carbonyl (C=O) groups is 1. The number of hydrogen-bond donors (Lipinski definition) is 0. The van der Waals surface area contributed by atoms with E-state index in [4.69, 9.17) is 0 Å². The molecular formula is C8HF15O5S. The van der Waals surface area contributed by atoms with Crippen LogP contribution in [0.5, 0.6) is 0 Å². The van der Waals surface area contributed by atoms with Crippen molar-refractivity contribution < 1.29 is 88.0 Å². The number of hydrogen-bond acceptors (Lipinski definition) is 5. The molecule has 0 aromatic carbocycles. The Balaban J connectivity index is 6.62. The van der Waals surface area contributed by atoms with Crippen molar-refractivity contribution in [3.8, 4) is 0 Å². The minimum atomic E-state index is -7.93. The summed E-state index contributed by atoms with van der Waals surface area (Å²) in [7, 11) is -7.93. The highest BCUT2D eigenvalue weighted by Crippen LogP contribution is 2.52. The first-order chi connectivity index (χ1) is 12.2. The van der Waals surface area contributed by atoms with Gasteiger partial charge in [0.15, 0.2) is 6.29 Å². The Morgan fingerprint density at radius 1 is 0.586 bits per heavy atom. The molecule has 0 unspecified atom stereocenters. The van der Waals surface area contributed by atoms with E-state index in [2.05, 4.69) is 0 Å². The van der Waals surface area contributed by atoms with Crippen molar-refractivity contribution in [3.05, 3.63) is 0 Å². The summed E-state index contributed by atoms with van der Waals surface area (Å²) in [4.78, 5) is 10.4. The average Bonchev–Trinajstić information content (AvgIpc) is 2.41. The number of ether oxygens (including phenoxy) is 2. The molecule has 0 saturated heterocycles. The molecule has 0 spiro atoms. The third-order valence-corrected chi connectivity index (χ3v) is 3.41. The van der Waals surface area contributed by atoms with Crippen LogP contribution in [0.15, 0.2) is 0 Å². The van der Waals surface area contributed by atoms with Crippen molar-refractivity contribution in [2.45, 2.75) is 41.5 Å². The van der Waals surface area contributed by atoms with E-state index in [9.17, 15) is 78.6 Å². The van der Waals surface area contributed by atoms with Crippen LogP contribution in [-0.2, 0) is 24.5 Å². The monoisotopic (exact) mass is 494 g/mol. The fourth-order valence-corrected chi connectivity index (χ4v) is 1.56. The molecule has 0 atom stereocenters. The normalized spacial score (nSPS) is 16.1. The predicted molar refractivity (Wildman–Crippen MR) is 52.9 cm³/mol. The van der Waals surface area contributed by atoms with Crippen LogP contribution in [0.2, 0.25) is 0 Å². The van der Waals surface area contributed by atoms with Gasteiger partial charge in [0.05, 0.1) is 0 Å². The second kappa shape index (κ2) is 7.03. The zero-order valence-electron chi connectivity index (χ0n) is 12.2. The van der Waals surface area contributed by atoms with Gasteiger partial charge in [0, 0.05) is 0 Å². The zero-order valence-corrected chi connectivity index (χ0v) is 13.0. The summed E-state index contributed by atoms with van der Waals surface area (Å²) in [6.45, 7) is 0. The first-order valence-electron chi connectivity index (χ1n) is 5.68. The largest absolute Gasteiger partial charge is 0.462 e. The van der Waals surface area contributed by atoms with Crippen LogP contribution in [0.4, 0.5) is 65.4 Å². The van der Waals surface area contributed by atoms with Gasteiger partial charge in [0.25, 0.3) is 0 Å². The predicted octanol–water partition coefficient (Wildman–Crippen LogP) is 3.75. The molecule has 0 bridgehead atoms. The number of rotatable bonds is 8. The maximum Gasteiger partial charge on any atom is 0.462 e. The average molecular weight is 494 g/mol. The Labute approximate surface area is 147 Å². The van der Waals surface area contributed by atoms with Gasteiger partial charge >= 0.3 is 51.8 Å². The van der Waals surface area contributed by atoms with E-state index in [1.807, 2.05) is 9.47 Å². The molecule has 0 aliphatic heterocycles. The quantitative estimate of drug-likeness (QED) is 0.223. The van der Waals surface area contributed by atoms with Crippen LogP contribution in [0.25, 0.3) is 0 Å². The molecule has 0 aromatic rings. The van der Waals surface area contributed by atoms with Crippen molar-refractivity contribution in [1.82, 2.24) is 0 Å². The lowest BCUT2D eigenvalue weighted by molar-refractivity contribution is -0.487. The minimum Gasteiger partial charge on any atom is -0.296 e. The van der Waals surface area contributed by atoms with Crippen LogP contribution in [0.3, 0.4) is 0 Å². The summed E-state index contributed by atoms with van der Waals surface area (Å²) in [5, 5.41) is -6.54. The van der Waals surface area contributed by atoms with E-state index < -0.39 is 58.0 Å². The molecule has 0 amide bonds. The van der Waals surface area contributed by atoms with Crippen LogP contribution >= 0.6 is 0 Å². The van der Waals surface area contributed by atoms with Crippen molar-refractivity contribution in [2.75, 3.05) is 0 Å². The van der Waals surface area contributed by atoms with Gasteiger partial charge in [-0.15, -0.1) is 0 Å². The summed E-state index contributed by atoms with van der Waals surface area (Å²) in [5.41, 5.74) is 0. The van der Waals surface area contributed by atoms with E-state index in [0.717, 1.165) is 0 Å². The van der Waals surface area contributed by atoms with Gasteiger partial charge in [0.1, 0.15) is 0 Å². The van der Waals surface area contributed by atoms with E-state index >= 15 is 0 Å². The molecule has 174 valence electrons. The van der Waals surface area contributed by atoms with E-state index in [0.29, 0.717) is 0 Å². The smallest absolute Gasteiger partial charge is 0.296 e. The first-order valence-corrected chi connectivity index (χ1v) is 7.06. The molecule has 0 aliphatic rings. The molecule has 0 saturated carbocycles. The SMILES string of the molecule is O=CC(OC(F)(F)C(F)(F)C(F)(F)F)(OC(F)(F)C(F)(F)C(F)(F)F)S(=O)(=O)F.